The van der Waals surface area contributed by atoms with E-state index in [9.17, 15) is 4.79 Å². The van der Waals surface area contributed by atoms with Crippen LogP contribution in [0.25, 0.3) is 6.08 Å². The van der Waals surface area contributed by atoms with Gasteiger partial charge in [-0.05, 0) is 74.0 Å². The Morgan fingerprint density at radius 1 is 0.806 bits per heavy atom. The zero-order valence-corrected chi connectivity index (χ0v) is 19.9. The number of carbonyl (C=O) groups is 1. The van der Waals surface area contributed by atoms with Gasteiger partial charge in [-0.25, -0.2) is 4.98 Å². The van der Waals surface area contributed by atoms with Crippen LogP contribution in [0.4, 0.5) is 28.8 Å². The molecule has 0 saturated carbocycles. The van der Waals surface area contributed by atoms with Crippen molar-refractivity contribution >= 4 is 40.8 Å². The second-order valence-corrected chi connectivity index (χ2v) is 8.35. The Kier molecular flexibility index (Phi) is 6.48. The number of nitrogens with one attached hydrogen (secondary N) is 3. The molecule has 0 saturated heterocycles. The lowest BCUT2D eigenvalue weighted by atomic mass is 10.2. The van der Waals surface area contributed by atoms with Gasteiger partial charge in [-0.2, -0.15) is 4.98 Å². The molecule has 0 fully saturated rings. The topological polar surface area (TPSA) is 97.4 Å². The van der Waals surface area contributed by atoms with E-state index in [-0.39, 0.29) is 12.7 Å². The first kappa shape index (κ1) is 22.9. The Bertz CT molecular complexity index is 1420. The second kappa shape index (κ2) is 10.2. The molecule has 1 aliphatic rings. The van der Waals surface area contributed by atoms with Crippen LogP contribution in [0.1, 0.15) is 16.8 Å². The van der Waals surface area contributed by atoms with Crippen molar-refractivity contribution in [3.05, 3.63) is 95.7 Å². The molecular weight excluding hydrogens is 454 g/mol. The quantitative estimate of drug-likeness (QED) is 0.281. The Labute approximate surface area is 209 Å². The van der Waals surface area contributed by atoms with Crippen molar-refractivity contribution in [2.24, 2.45) is 0 Å². The number of carbonyl (C=O) groups excluding carboxylic acids is 1. The second-order valence-electron chi connectivity index (χ2n) is 8.35. The fraction of sp³-hybridized carbons (Fsp3) is 0.107. The van der Waals surface area contributed by atoms with E-state index in [4.69, 9.17) is 9.47 Å². The highest BCUT2D eigenvalue weighted by Crippen LogP contribution is 2.32. The van der Waals surface area contributed by atoms with Crippen LogP contribution in [-0.4, -0.2) is 22.7 Å². The van der Waals surface area contributed by atoms with Gasteiger partial charge < -0.3 is 25.4 Å². The predicted molar refractivity (Wildman–Crippen MR) is 141 cm³/mol. The van der Waals surface area contributed by atoms with Gasteiger partial charge in [0.05, 0.1) is 0 Å². The zero-order valence-electron chi connectivity index (χ0n) is 19.9. The molecule has 8 heteroatoms. The van der Waals surface area contributed by atoms with E-state index in [1.165, 1.54) is 11.6 Å². The highest BCUT2D eigenvalue weighted by Gasteiger charge is 2.12. The summed E-state index contributed by atoms with van der Waals surface area (Å²) in [5.41, 5.74) is 5.31. The molecule has 3 aromatic carbocycles. The molecule has 1 amide bonds. The van der Waals surface area contributed by atoms with Gasteiger partial charge in [-0.3, -0.25) is 4.79 Å². The number of ether oxygens (including phenoxy) is 2. The SMILES string of the molecule is Cc1ccc(Nc2cc(C)nc(Nc3ccc(NC(=O)/C=C/c4ccc5c(c4)OCO5)cc3)n2)cc1. The fourth-order valence-corrected chi connectivity index (χ4v) is 3.61. The van der Waals surface area contributed by atoms with Crippen LogP contribution < -0.4 is 25.4 Å². The fourth-order valence-electron chi connectivity index (χ4n) is 3.61. The molecular formula is C28H25N5O3. The number of anilines is 5. The van der Waals surface area contributed by atoms with Crippen LogP contribution in [0.5, 0.6) is 11.5 Å². The summed E-state index contributed by atoms with van der Waals surface area (Å²) in [6.45, 7) is 4.19. The van der Waals surface area contributed by atoms with Crippen molar-refractivity contribution in [2.75, 3.05) is 22.7 Å². The summed E-state index contributed by atoms with van der Waals surface area (Å²) in [6.07, 6.45) is 3.21. The van der Waals surface area contributed by atoms with E-state index < -0.39 is 0 Å². The van der Waals surface area contributed by atoms with Crippen molar-refractivity contribution in [2.45, 2.75) is 13.8 Å². The number of aromatic nitrogens is 2. The third-order valence-electron chi connectivity index (χ3n) is 5.41. The monoisotopic (exact) mass is 479 g/mol. The summed E-state index contributed by atoms with van der Waals surface area (Å²) in [6, 6.07) is 22.9. The molecule has 4 aromatic rings. The Morgan fingerprint density at radius 3 is 2.31 bits per heavy atom. The number of aryl methyl sites for hydroxylation is 2. The van der Waals surface area contributed by atoms with Gasteiger partial charge in [0.15, 0.2) is 11.5 Å². The smallest absolute Gasteiger partial charge is 0.248 e. The van der Waals surface area contributed by atoms with Crippen molar-refractivity contribution in [1.29, 1.82) is 0 Å². The van der Waals surface area contributed by atoms with Crippen LogP contribution >= 0.6 is 0 Å². The van der Waals surface area contributed by atoms with Gasteiger partial charge in [0.2, 0.25) is 18.6 Å². The Hall–Kier alpha value is -4.85. The van der Waals surface area contributed by atoms with Crippen LogP contribution in [0.15, 0.2) is 78.9 Å². The number of fused-ring (bicyclic) bond motifs is 1. The number of amides is 1. The number of benzene rings is 3. The van der Waals surface area contributed by atoms with Crippen molar-refractivity contribution in [3.63, 3.8) is 0 Å². The Morgan fingerprint density at radius 2 is 1.50 bits per heavy atom. The third kappa shape index (κ3) is 5.79. The van der Waals surface area contributed by atoms with E-state index in [0.717, 1.165) is 22.6 Å². The summed E-state index contributed by atoms with van der Waals surface area (Å²) in [5.74, 6) is 2.33. The summed E-state index contributed by atoms with van der Waals surface area (Å²) in [5, 5.41) is 9.38. The van der Waals surface area contributed by atoms with Gasteiger partial charge in [0, 0.05) is 34.9 Å². The van der Waals surface area contributed by atoms with Crippen molar-refractivity contribution < 1.29 is 14.3 Å². The van der Waals surface area contributed by atoms with E-state index in [0.29, 0.717) is 29.0 Å². The lowest BCUT2D eigenvalue weighted by Crippen LogP contribution is -2.07. The first-order valence-corrected chi connectivity index (χ1v) is 11.5. The van der Waals surface area contributed by atoms with Crippen LogP contribution in [0.3, 0.4) is 0 Å². The zero-order chi connectivity index (χ0) is 24.9. The highest BCUT2D eigenvalue weighted by molar-refractivity contribution is 6.02. The van der Waals surface area contributed by atoms with E-state index in [1.807, 2.05) is 79.7 Å². The summed E-state index contributed by atoms with van der Waals surface area (Å²) < 4.78 is 10.7. The largest absolute Gasteiger partial charge is 0.454 e. The first-order chi connectivity index (χ1) is 17.5. The van der Waals surface area contributed by atoms with E-state index in [2.05, 4.69) is 32.8 Å². The maximum absolute atomic E-state index is 12.3. The number of rotatable bonds is 7. The molecule has 2 heterocycles. The summed E-state index contributed by atoms with van der Waals surface area (Å²) in [4.78, 5) is 21.4. The summed E-state index contributed by atoms with van der Waals surface area (Å²) in [7, 11) is 0. The number of nitrogens with zero attached hydrogens (tertiary/aromatic N) is 2. The predicted octanol–water partition coefficient (Wildman–Crippen LogP) is 5.96. The molecule has 1 aromatic heterocycles. The van der Waals surface area contributed by atoms with Gasteiger partial charge in [-0.1, -0.05) is 23.8 Å². The van der Waals surface area contributed by atoms with Gasteiger partial charge in [0.25, 0.3) is 0 Å². The van der Waals surface area contributed by atoms with Crippen LogP contribution in [-0.2, 0) is 4.79 Å². The number of hydrogen-bond acceptors (Lipinski definition) is 7. The molecule has 1 aliphatic heterocycles. The lowest BCUT2D eigenvalue weighted by Gasteiger charge is -2.11. The molecule has 180 valence electrons. The maximum atomic E-state index is 12.3. The molecule has 0 unspecified atom stereocenters. The van der Waals surface area contributed by atoms with E-state index >= 15 is 0 Å². The maximum Gasteiger partial charge on any atom is 0.248 e. The standard InChI is InChI=1S/C28H25N5O3/c1-18-3-7-21(8-4-18)30-26-15-19(2)29-28(33-26)32-23-11-9-22(10-12-23)31-27(34)14-6-20-5-13-24-25(16-20)36-17-35-24/h3-16H,17H2,1-2H3,(H,31,34)(H2,29,30,32,33)/b14-6+. The highest BCUT2D eigenvalue weighted by atomic mass is 16.7. The molecule has 5 rings (SSSR count). The van der Waals surface area contributed by atoms with Gasteiger partial charge in [0.1, 0.15) is 5.82 Å². The Balaban J connectivity index is 1.19. The lowest BCUT2D eigenvalue weighted by molar-refractivity contribution is -0.111. The molecule has 0 atom stereocenters. The van der Waals surface area contributed by atoms with Crippen molar-refractivity contribution in [3.8, 4) is 11.5 Å². The number of hydrogen-bond donors (Lipinski definition) is 3. The minimum absolute atomic E-state index is 0.218. The van der Waals surface area contributed by atoms with Gasteiger partial charge in [-0.15, -0.1) is 0 Å². The molecule has 0 radical (unpaired) electrons. The molecule has 0 aliphatic carbocycles. The van der Waals surface area contributed by atoms with Gasteiger partial charge >= 0.3 is 0 Å². The minimum Gasteiger partial charge on any atom is -0.454 e. The molecule has 3 N–H and O–H groups in total. The molecule has 0 bridgehead atoms. The first-order valence-electron chi connectivity index (χ1n) is 11.5. The third-order valence-corrected chi connectivity index (χ3v) is 5.41. The molecule has 8 nitrogen and oxygen atoms in total. The summed E-state index contributed by atoms with van der Waals surface area (Å²) >= 11 is 0. The average molecular weight is 480 g/mol. The molecule has 36 heavy (non-hydrogen) atoms. The van der Waals surface area contributed by atoms with Crippen LogP contribution in [0, 0.1) is 13.8 Å². The average Bonchev–Trinajstić information content (AvgIpc) is 3.33. The van der Waals surface area contributed by atoms with Crippen LogP contribution in [0.2, 0.25) is 0 Å². The molecule has 0 spiro atoms. The van der Waals surface area contributed by atoms with Crippen molar-refractivity contribution in [1.82, 2.24) is 9.97 Å². The minimum atomic E-state index is -0.234. The normalized spacial score (nSPS) is 11.9. The van der Waals surface area contributed by atoms with E-state index in [1.54, 1.807) is 6.08 Å².